The van der Waals surface area contributed by atoms with Gasteiger partial charge in [0.25, 0.3) is 0 Å². The molecule has 118 valence electrons. The standard InChI is InChI=1S/C19H30FN/c1-13-6-7-15(12-21-19(3,4)5)18(10-13)17-9-8-16(20)11-14(17)2/h8-9,11,13,15,18,21H,6-7,10,12H2,1-5H3. The summed E-state index contributed by atoms with van der Waals surface area (Å²) in [6, 6.07) is 5.32. The molecule has 0 bridgehead atoms. The van der Waals surface area contributed by atoms with Crippen LogP contribution in [-0.2, 0) is 0 Å². The third kappa shape index (κ3) is 4.54. The van der Waals surface area contributed by atoms with Crippen molar-refractivity contribution in [3.8, 4) is 0 Å². The van der Waals surface area contributed by atoms with Gasteiger partial charge >= 0.3 is 0 Å². The molecule has 1 N–H and O–H groups in total. The zero-order valence-corrected chi connectivity index (χ0v) is 14.2. The van der Waals surface area contributed by atoms with Gasteiger partial charge in [-0.25, -0.2) is 4.39 Å². The van der Waals surface area contributed by atoms with Crippen LogP contribution in [0, 0.1) is 24.6 Å². The number of nitrogens with one attached hydrogen (secondary N) is 1. The Morgan fingerprint density at radius 1 is 1.24 bits per heavy atom. The predicted molar refractivity (Wildman–Crippen MR) is 88.1 cm³/mol. The Bertz CT molecular complexity index is 475. The van der Waals surface area contributed by atoms with Crippen LogP contribution in [0.2, 0.25) is 0 Å². The Morgan fingerprint density at radius 3 is 2.57 bits per heavy atom. The van der Waals surface area contributed by atoms with Gasteiger partial charge in [-0.05, 0) is 88.1 Å². The summed E-state index contributed by atoms with van der Waals surface area (Å²) < 4.78 is 13.4. The van der Waals surface area contributed by atoms with E-state index < -0.39 is 0 Å². The highest BCUT2D eigenvalue weighted by molar-refractivity contribution is 5.31. The van der Waals surface area contributed by atoms with Gasteiger partial charge in [0.1, 0.15) is 5.82 Å². The second kappa shape index (κ2) is 6.48. The first-order valence-corrected chi connectivity index (χ1v) is 8.27. The van der Waals surface area contributed by atoms with E-state index in [2.05, 4.69) is 33.0 Å². The van der Waals surface area contributed by atoms with Crippen molar-refractivity contribution in [1.82, 2.24) is 5.32 Å². The summed E-state index contributed by atoms with van der Waals surface area (Å²) >= 11 is 0. The molecule has 1 fully saturated rings. The maximum atomic E-state index is 13.4. The smallest absolute Gasteiger partial charge is 0.123 e. The van der Waals surface area contributed by atoms with Gasteiger partial charge in [0, 0.05) is 5.54 Å². The lowest BCUT2D eigenvalue weighted by molar-refractivity contribution is 0.226. The molecule has 21 heavy (non-hydrogen) atoms. The van der Waals surface area contributed by atoms with Gasteiger partial charge in [0.15, 0.2) is 0 Å². The highest BCUT2D eigenvalue weighted by Gasteiger charge is 2.31. The molecule has 0 amide bonds. The van der Waals surface area contributed by atoms with Crippen LogP contribution >= 0.6 is 0 Å². The molecule has 1 saturated carbocycles. The fourth-order valence-electron chi connectivity index (χ4n) is 3.56. The largest absolute Gasteiger partial charge is 0.312 e. The van der Waals surface area contributed by atoms with Crippen molar-refractivity contribution in [2.45, 2.75) is 65.3 Å². The van der Waals surface area contributed by atoms with Crippen molar-refractivity contribution >= 4 is 0 Å². The molecule has 1 aliphatic rings. The molecule has 3 atom stereocenters. The van der Waals surface area contributed by atoms with Gasteiger partial charge in [-0.2, -0.15) is 0 Å². The summed E-state index contributed by atoms with van der Waals surface area (Å²) in [6.45, 7) is 12.1. The molecule has 0 radical (unpaired) electrons. The number of hydrogen-bond donors (Lipinski definition) is 1. The fraction of sp³-hybridized carbons (Fsp3) is 0.684. The molecule has 0 heterocycles. The van der Waals surface area contributed by atoms with Gasteiger partial charge in [-0.3, -0.25) is 0 Å². The number of hydrogen-bond acceptors (Lipinski definition) is 1. The van der Waals surface area contributed by atoms with Gasteiger partial charge < -0.3 is 5.32 Å². The van der Waals surface area contributed by atoms with Crippen LogP contribution in [0.1, 0.15) is 64.0 Å². The Labute approximate surface area is 129 Å². The first-order chi connectivity index (χ1) is 9.76. The summed E-state index contributed by atoms with van der Waals surface area (Å²) in [7, 11) is 0. The molecule has 1 aromatic carbocycles. The maximum Gasteiger partial charge on any atom is 0.123 e. The van der Waals surface area contributed by atoms with Crippen molar-refractivity contribution in [1.29, 1.82) is 0 Å². The van der Waals surface area contributed by atoms with Crippen LogP contribution in [0.15, 0.2) is 18.2 Å². The van der Waals surface area contributed by atoms with E-state index in [9.17, 15) is 4.39 Å². The molecule has 3 unspecified atom stereocenters. The first-order valence-electron chi connectivity index (χ1n) is 8.27. The molecule has 1 aromatic rings. The van der Waals surface area contributed by atoms with E-state index in [0.29, 0.717) is 11.8 Å². The van der Waals surface area contributed by atoms with Crippen LogP contribution in [0.4, 0.5) is 4.39 Å². The van der Waals surface area contributed by atoms with Gasteiger partial charge in [0.2, 0.25) is 0 Å². The molecular weight excluding hydrogens is 261 g/mol. The summed E-state index contributed by atoms with van der Waals surface area (Å²) in [5.41, 5.74) is 2.62. The average molecular weight is 291 g/mol. The minimum absolute atomic E-state index is 0.121. The number of rotatable bonds is 3. The van der Waals surface area contributed by atoms with Crippen LogP contribution in [-0.4, -0.2) is 12.1 Å². The van der Waals surface area contributed by atoms with Gasteiger partial charge in [-0.1, -0.05) is 19.4 Å². The Hall–Kier alpha value is -0.890. The SMILES string of the molecule is Cc1cc(F)ccc1C1CC(C)CCC1CNC(C)(C)C. The Kier molecular flexibility index (Phi) is 5.08. The van der Waals surface area contributed by atoms with Crippen LogP contribution in [0.5, 0.6) is 0 Å². The topological polar surface area (TPSA) is 12.0 Å². The van der Waals surface area contributed by atoms with Gasteiger partial charge in [-0.15, -0.1) is 0 Å². The minimum atomic E-state index is -0.121. The Morgan fingerprint density at radius 2 is 1.95 bits per heavy atom. The number of benzene rings is 1. The zero-order chi connectivity index (χ0) is 15.6. The van der Waals surface area contributed by atoms with Crippen molar-refractivity contribution in [3.63, 3.8) is 0 Å². The first kappa shape index (κ1) is 16.5. The molecule has 0 spiro atoms. The lowest BCUT2D eigenvalue weighted by Gasteiger charge is -2.37. The molecule has 0 aliphatic heterocycles. The number of halogens is 1. The van der Waals surface area contributed by atoms with E-state index in [-0.39, 0.29) is 11.4 Å². The highest BCUT2D eigenvalue weighted by atomic mass is 19.1. The van der Waals surface area contributed by atoms with E-state index in [1.165, 1.54) is 24.8 Å². The molecule has 2 rings (SSSR count). The van der Waals surface area contributed by atoms with E-state index in [4.69, 9.17) is 0 Å². The highest BCUT2D eigenvalue weighted by Crippen LogP contribution is 2.41. The lowest BCUT2D eigenvalue weighted by atomic mass is 9.70. The summed E-state index contributed by atoms with van der Waals surface area (Å²) in [4.78, 5) is 0. The third-order valence-corrected chi connectivity index (χ3v) is 4.78. The molecule has 2 heteroatoms. The summed E-state index contributed by atoms with van der Waals surface area (Å²) in [5, 5.41) is 3.66. The van der Waals surface area contributed by atoms with E-state index in [1.807, 2.05) is 13.0 Å². The lowest BCUT2D eigenvalue weighted by Crippen LogP contribution is -2.41. The van der Waals surface area contributed by atoms with Crippen molar-refractivity contribution < 1.29 is 4.39 Å². The zero-order valence-electron chi connectivity index (χ0n) is 14.2. The fourth-order valence-corrected chi connectivity index (χ4v) is 3.56. The van der Waals surface area contributed by atoms with Crippen LogP contribution in [0.3, 0.4) is 0 Å². The normalized spacial score (nSPS) is 26.9. The second-order valence-electron chi connectivity index (χ2n) is 7.92. The molecule has 1 nitrogen and oxygen atoms in total. The summed E-state index contributed by atoms with van der Waals surface area (Å²) in [5.74, 6) is 1.86. The monoisotopic (exact) mass is 291 g/mol. The second-order valence-corrected chi connectivity index (χ2v) is 7.92. The third-order valence-electron chi connectivity index (χ3n) is 4.78. The number of aryl methyl sites for hydroxylation is 1. The summed E-state index contributed by atoms with van der Waals surface area (Å²) in [6.07, 6.45) is 3.81. The Balaban J connectivity index is 2.18. The molecule has 1 aliphatic carbocycles. The quantitative estimate of drug-likeness (QED) is 0.822. The molecule has 0 aromatic heterocycles. The van der Waals surface area contributed by atoms with E-state index >= 15 is 0 Å². The maximum absolute atomic E-state index is 13.4. The van der Waals surface area contributed by atoms with Crippen LogP contribution in [0.25, 0.3) is 0 Å². The average Bonchev–Trinajstić information content (AvgIpc) is 2.36. The van der Waals surface area contributed by atoms with E-state index in [0.717, 1.165) is 18.0 Å². The molecule has 0 saturated heterocycles. The molecular formula is C19H30FN. The van der Waals surface area contributed by atoms with Gasteiger partial charge in [0.05, 0.1) is 0 Å². The minimum Gasteiger partial charge on any atom is -0.312 e. The van der Waals surface area contributed by atoms with Crippen molar-refractivity contribution in [2.75, 3.05) is 6.54 Å². The van der Waals surface area contributed by atoms with Crippen LogP contribution < -0.4 is 5.32 Å². The van der Waals surface area contributed by atoms with Crippen molar-refractivity contribution in [2.24, 2.45) is 11.8 Å². The van der Waals surface area contributed by atoms with Crippen molar-refractivity contribution in [3.05, 3.63) is 35.1 Å². The van der Waals surface area contributed by atoms with E-state index in [1.54, 1.807) is 12.1 Å². The predicted octanol–water partition coefficient (Wildman–Crippen LogP) is 5.04.